The molecular weight excluding hydrogens is 327 g/mol. The van der Waals surface area contributed by atoms with Crippen LogP contribution in [0.2, 0.25) is 0 Å². The van der Waals surface area contributed by atoms with E-state index < -0.39 is 0 Å². The van der Waals surface area contributed by atoms with Crippen molar-refractivity contribution >= 4 is 47.1 Å². The molecule has 0 saturated heterocycles. The van der Waals surface area contributed by atoms with Gasteiger partial charge in [0.15, 0.2) is 0 Å². The van der Waals surface area contributed by atoms with Gasteiger partial charge in [0.25, 0.3) is 0 Å². The predicted octanol–water partition coefficient (Wildman–Crippen LogP) is 5.19. The van der Waals surface area contributed by atoms with E-state index in [4.69, 9.17) is 0 Å². The van der Waals surface area contributed by atoms with Crippen molar-refractivity contribution in [3.63, 3.8) is 0 Å². The third-order valence-corrected chi connectivity index (χ3v) is 4.03. The molecule has 0 aliphatic carbocycles. The number of benzene rings is 2. The van der Waals surface area contributed by atoms with Gasteiger partial charge in [-0.3, -0.25) is 9.97 Å². The van der Waals surface area contributed by atoms with E-state index >= 15 is 0 Å². The molecule has 2 nitrogen and oxygen atoms in total. The second-order valence-electron chi connectivity index (χ2n) is 4.82. The maximum atomic E-state index is 13.1. The van der Waals surface area contributed by atoms with E-state index in [9.17, 15) is 4.39 Å². The Morgan fingerprint density at radius 1 is 0.696 bits per heavy atom. The molecule has 23 heavy (non-hydrogen) atoms. The maximum Gasteiger partial charge on any atom is 0.132 e. The van der Waals surface area contributed by atoms with Crippen molar-refractivity contribution in [1.29, 1.82) is 0 Å². The lowest BCUT2D eigenvalue weighted by atomic mass is 10.2. The fourth-order valence-electron chi connectivity index (χ4n) is 2.21. The molecule has 0 aliphatic rings. The molecule has 0 atom stereocenters. The summed E-state index contributed by atoms with van der Waals surface area (Å²) in [6.07, 6.45) is 3.41. The highest BCUT2D eigenvalue weighted by Gasteiger charge is 2.02. The van der Waals surface area contributed by atoms with Crippen LogP contribution in [0.5, 0.6) is 0 Å². The molecule has 4 rings (SSSR count). The number of pyridine rings is 2. The van der Waals surface area contributed by atoms with Crippen LogP contribution in [0.1, 0.15) is 0 Å². The molecule has 0 aliphatic heterocycles. The van der Waals surface area contributed by atoms with E-state index in [0.29, 0.717) is 15.8 Å². The Morgan fingerprint density at radius 3 is 2.09 bits per heavy atom. The molecule has 2 aromatic carbocycles. The van der Waals surface area contributed by atoms with E-state index in [1.165, 1.54) is 6.07 Å². The van der Waals surface area contributed by atoms with E-state index in [0.717, 1.165) is 15.8 Å². The number of nitrogens with zero attached hydrogens (tertiary/aromatic N) is 2. The molecule has 0 unspecified atom stereocenters. The molecule has 114 valence electrons. The number of para-hydroxylation sites is 1. The van der Waals surface area contributed by atoms with Crippen molar-refractivity contribution in [2.24, 2.45) is 0 Å². The lowest BCUT2D eigenvalue weighted by Crippen LogP contribution is -1.83. The first kappa shape index (κ1) is 15.8. The van der Waals surface area contributed by atoms with Crippen LogP contribution in [0.3, 0.4) is 0 Å². The SMILES string of the molecule is Fc1ccc(S)c2ncccc12.Sc1cccc2cccnc12. The molecule has 0 bridgehead atoms. The maximum absolute atomic E-state index is 13.1. The summed E-state index contributed by atoms with van der Waals surface area (Å²) in [5.41, 5.74) is 1.58. The Morgan fingerprint density at radius 2 is 1.35 bits per heavy atom. The Bertz CT molecular complexity index is 927. The van der Waals surface area contributed by atoms with Gasteiger partial charge in [0.2, 0.25) is 0 Å². The number of hydrogen-bond acceptors (Lipinski definition) is 4. The number of aromatic nitrogens is 2. The van der Waals surface area contributed by atoms with Gasteiger partial charge in [-0.2, -0.15) is 0 Å². The Balaban J connectivity index is 0.000000136. The lowest BCUT2D eigenvalue weighted by Gasteiger charge is -1.99. The summed E-state index contributed by atoms with van der Waals surface area (Å²) in [6.45, 7) is 0. The Labute approximate surface area is 144 Å². The van der Waals surface area contributed by atoms with Crippen molar-refractivity contribution in [1.82, 2.24) is 9.97 Å². The Hall–Kier alpha value is -2.11. The first-order chi connectivity index (χ1) is 11.2. The van der Waals surface area contributed by atoms with Gasteiger partial charge in [-0.05, 0) is 36.4 Å². The van der Waals surface area contributed by atoms with E-state index in [-0.39, 0.29) is 5.82 Å². The first-order valence-corrected chi connectivity index (χ1v) is 7.81. The molecule has 0 saturated carbocycles. The summed E-state index contributed by atoms with van der Waals surface area (Å²) in [5.74, 6) is -0.254. The molecule has 0 amide bonds. The predicted molar refractivity (Wildman–Crippen MR) is 97.9 cm³/mol. The fraction of sp³-hybridized carbons (Fsp3) is 0. The van der Waals surface area contributed by atoms with Crippen molar-refractivity contribution < 1.29 is 4.39 Å². The molecule has 0 N–H and O–H groups in total. The summed E-state index contributed by atoms with van der Waals surface area (Å²) in [6, 6.07) is 16.3. The smallest absolute Gasteiger partial charge is 0.132 e. The zero-order valence-electron chi connectivity index (χ0n) is 12.0. The normalized spacial score (nSPS) is 10.4. The van der Waals surface area contributed by atoms with Crippen LogP contribution in [0.25, 0.3) is 21.8 Å². The standard InChI is InChI=1S/C9H6FNS.C9H7NS/c10-7-3-4-8(12)9-6(7)2-1-5-11-9;11-8-5-1-3-7-4-2-6-10-9(7)8/h1-5,12H;1-6,11H. The molecular formula is C18H13FN2S2. The second kappa shape index (κ2) is 6.98. The fourth-order valence-corrected chi connectivity index (χ4v) is 2.74. The van der Waals surface area contributed by atoms with Crippen molar-refractivity contribution in [2.45, 2.75) is 9.79 Å². The van der Waals surface area contributed by atoms with Gasteiger partial charge in [0.1, 0.15) is 5.82 Å². The van der Waals surface area contributed by atoms with Crippen LogP contribution in [0, 0.1) is 5.82 Å². The van der Waals surface area contributed by atoms with Gasteiger partial charge in [-0.1, -0.05) is 18.2 Å². The van der Waals surface area contributed by atoms with Gasteiger partial charge < -0.3 is 0 Å². The second-order valence-corrected chi connectivity index (χ2v) is 5.78. The zero-order chi connectivity index (χ0) is 16.2. The van der Waals surface area contributed by atoms with Crippen LogP contribution in [-0.2, 0) is 0 Å². The summed E-state index contributed by atoms with van der Waals surface area (Å²) in [5, 5.41) is 1.66. The minimum absolute atomic E-state index is 0.254. The highest BCUT2D eigenvalue weighted by atomic mass is 32.1. The molecule has 5 heteroatoms. The third kappa shape index (κ3) is 3.46. The number of halogens is 1. The van der Waals surface area contributed by atoms with E-state index in [1.54, 1.807) is 30.6 Å². The molecule has 0 radical (unpaired) electrons. The van der Waals surface area contributed by atoms with Crippen LogP contribution in [0.15, 0.2) is 76.8 Å². The molecule has 0 spiro atoms. The van der Waals surface area contributed by atoms with Crippen molar-refractivity contribution in [3.05, 3.63) is 72.8 Å². The summed E-state index contributed by atoms with van der Waals surface area (Å²) >= 11 is 8.46. The monoisotopic (exact) mass is 340 g/mol. The highest BCUT2D eigenvalue weighted by Crippen LogP contribution is 2.21. The largest absolute Gasteiger partial charge is 0.255 e. The highest BCUT2D eigenvalue weighted by molar-refractivity contribution is 7.80. The van der Waals surface area contributed by atoms with Crippen LogP contribution < -0.4 is 0 Å². The topological polar surface area (TPSA) is 25.8 Å². The van der Waals surface area contributed by atoms with Gasteiger partial charge in [-0.15, -0.1) is 25.3 Å². The molecule has 2 heterocycles. The van der Waals surface area contributed by atoms with Crippen LogP contribution >= 0.6 is 25.3 Å². The van der Waals surface area contributed by atoms with Crippen molar-refractivity contribution in [2.75, 3.05) is 0 Å². The average Bonchev–Trinajstić information content (AvgIpc) is 2.60. The minimum atomic E-state index is -0.254. The molecule has 4 aromatic rings. The van der Waals surface area contributed by atoms with Gasteiger partial charge in [-0.25, -0.2) is 4.39 Å². The van der Waals surface area contributed by atoms with Gasteiger partial charge >= 0.3 is 0 Å². The van der Waals surface area contributed by atoms with Crippen LogP contribution in [-0.4, -0.2) is 9.97 Å². The third-order valence-electron chi connectivity index (χ3n) is 3.31. The van der Waals surface area contributed by atoms with E-state index in [1.807, 2.05) is 30.3 Å². The minimum Gasteiger partial charge on any atom is -0.255 e. The van der Waals surface area contributed by atoms with Gasteiger partial charge in [0.05, 0.1) is 11.0 Å². The molecule has 2 aromatic heterocycles. The van der Waals surface area contributed by atoms with E-state index in [2.05, 4.69) is 35.2 Å². The summed E-state index contributed by atoms with van der Waals surface area (Å²) in [7, 11) is 0. The zero-order valence-corrected chi connectivity index (χ0v) is 13.8. The quantitative estimate of drug-likeness (QED) is 0.431. The first-order valence-electron chi connectivity index (χ1n) is 6.92. The summed E-state index contributed by atoms with van der Waals surface area (Å²) in [4.78, 5) is 9.86. The number of rotatable bonds is 0. The van der Waals surface area contributed by atoms with Crippen molar-refractivity contribution in [3.8, 4) is 0 Å². The number of thiol groups is 2. The van der Waals surface area contributed by atoms with Crippen LogP contribution in [0.4, 0.5) is 4.39 Å². The number of hydrogen-bond donors (Lipinski definition) is 2. The van der Waals surface area contributed by atoms with Gasteiger partial charge in [0, 0.05) is 33.0 Å². The summed E-state index contributed by atoms with van der Waals surface area (Å²) < 4.78 is 13.1. The molecule has 0 fully saturated rings. The Kier molecular flexibility index (Phi) is 4.79. The average molecular weight is 340 g/mol. The number of fused-ring (bicyclic) bond motifs is 2. The lowest BCUT2D eigenvalue weighted by molar-refractivity contribution is 0.639.